The number of rotatable bonds is 1. The summed E-state index contributed by atoms with van der Waals surface area (Å²) >= 11 is 18.0. The minimum atomic E-state index is -0.132. The van der Waals surface area contributed by atoms with Gasteiger partial charge in [-0.25, -0.2) is 0 Å². The molecule has 0 fully saturated rings. The summed E-state index contributed by atoms with van der Waals surface area (Å²) in [5.74, 6) is 0. The van der Waals surface area contributed by atoms with E-state index in [9.17, 15) is 4.79 Å². The van der Waals surface area contributed by atoms with Crippen molar-refractivity contribution in [2.45, 2.75) is 6.92 Å². The first kappa shape index (κ1) is 12.5. The van der Waals surface area contributed by atoms with Gasteiger partial charge in [0.1, 0.15) is 0 Å². The van der Waals surface area contributed by atoms with Gasteiger partial charge in [0.25, 0.3) is 0 Å². The van der Waals surface area contributed by atoms with Gasteiger partial charge in [-0.2, -0.15) is 0 Å². The lowest BCUT2D eigenvalue weighted by Crippen LogP contribution is -2.07. The van der Waals surface area contributed by atoms with Crippen molar-refractivity contribution in [3.63, 3.8) is 0 Å². The summed E-state index contributed by atoms with van der Waals surface area (Å²) in [6, 6.07) is 4.57. The van der Waals surface area contributed by atoms with Crippen LogP contribution in [0.1, 0.15) is 5.69 Å². The Bertz CT molecular complexity index is 611. The molecular weight excluding hydrogens is 280 g/mol. The standard InChI is InChI=1S/C12H8Cl3NO/c1-6-11(10(17)2-3-16-6)12-8(14)4-7(13)5-9(12)15/h2-5H,1H3,(H,16,17). The van der Waals surface area contributed by atoms with Crippen LogP contribution >= 0.6 is 34.8 Å². The highest BCUT2D eigenvalue weighted by atomic mass is 35.5. The zero-order valence-corrected chi connectivity index (χ0v) is 11.1. The predicted molar refractivity (Wildman–Crippen MR) is 72.3 cm³/mol. The fourth-order valence-corrected chi connectivity index (χ4v) is 2.68. The van der Waals surface area contributed by atoms with Crippen LogP contribution in [-0.4, -0.2) is 4.98 Å². The van der Waals surface area contributed by atoms with Crippen molar-refractivity contribution >= 4 is 34.8 Å². The van der Waals surface area contributed by atoms with Crippen LogP contribution in [0.4, 0.5) is 0 Å². The highest BCUT2D eigenvalue weighted by Gasteiger charge is 2.15. The molecule has 0 amide bonds. The van der Waals surface area contributed by atoms with E-state index in [1.165, 1.54) is 6.07 Å². The Kier molecular flexibility index (Phi) is 3.48. The molecular formula is C12H8Cl3NO. The van der Waals surface area contributed by atoms with E-state index >= 15 is 0 Å². The summed E-state index contributed by atoms with van der Waals surface area (Å²) in [5, 5.41) is 1.17. The van der Waals surface area contributed by atoms with Crippen molar-refractivity contribution < 1.29 is 0 Å². The molecule has 1 aromatic heterocycles. The largest absolute Gasteiger partial charge is 0.364 e. The van der Waals surface area contributed by atoms with Crippen molar-refractivity contribution in [2.24, 2.45) is 0 Å². The van der Waals surface area contributed by atoms with Gasteiger partial charge in [-0.05, 0) is 19.1 Å². The molecule has 0 unspecified atom stereocenters. The minimum absolute atomic E-state index is 0.132. The fourth-order valence-electron chi connectivity index (χ4n) is 1.67. The quantitative estimate of drug-likeness (QED) is 0.833. The molecule has 0 saturated heterocycles. The first-order valence-corrected chi connectivity index (χ1v) is 5.97. The lowest BCUT2D eigenvalue weighted by atomic mass is 10.0. The second-order valence-corrected chi connectivity index (χ2v) is 4.84. The zero-order chi connectivity index (χ0) is 12.6. The topological polar surface area (TPSA) is 32.9 Å². The number of pyridine rings is 1. The molecule has 0 aliphatic rings. The maximum Gasteiger partial charge on any atom is 0.189 e. The average Bonchev–Trinajstić information content (AvgIpc) is 2.21. The number of H-pyrrole nitrogens is 1. The monoisotopic (exact) mass is 287 g/mol. The van der Waals surface area contributed by atoms with Crippen LogP contribution in [0.2, 0.25) is 15.1 Å². The summed E-state index contributed by atoms with van der Waals surface area (Å²) in [4.78, 5) is 14.8. The van der Waals surface area contributed by atoms with Crippen LogP contribution in [0.25, 0.3) is 11.1 Å². The molecule has 0 radical (unpaired) electrons. The Morgan fingerprint density at radius 2 is 1.65 bits per heavy atom. The molecule has 0 aliphatic carbocycles. The van der Waals surface area contributed by atoms with Crippen molar-refractivity contribution in [3.05, 3.63) is 55.4 Å². The lowest BCUT2D eigenvalue weighted by Gasteiger charge is -2.09. The fraction of sp³-hybridized carbons (Fsp3) is 0.0833. The van der Waals surface area contributed by atoms with E-state index in [1.807, 2.05) is 0 Å². The molecule has 1 heterocycles. The molecule has 88 valence electrons. The van der Waals surface area contributed by atoms with Crippen LogP contribution in [0, 0.1) is 6.92 Å². The summed E-state index contributed by atoms with van der Waals surface area (Å²) in [7, 11) is 0. The number of hydrogen-bond donors (Lipinski definition) is 1. The first-order chi connectivity index (χ1) is 8.00. The third-order valence-electron chi connectivity index (χ3n) is 2.41. The van der Waals surface area contributed by atoms with E-state index in [4.69, 9.17) is 34.8 Å². The van der Waals surface area contributed by atoms with Gasteiger partial charge in [0.05, 0.1) is 15.6 Å². The van der Waals surface area contributed by atoms with Crippen molar-refractivity contribution in [2.75, 3.05) is 0 Å². The number of hydrogen-bond acceptors (Lipinski definition) is 1. The summed E-state index contributed by atoms with van der Waals surface area (Å²) in [5.41, 5.74) is 1.56. The van der Waals surface area contributed by atoms with Gasteiger partial charge in [-0.3, -0.25) is 4.79 Å². The van der Waals surface area contributed by atoms with Crippen LogP contribution in [0.5, 0.6) is 0 Å². The maximum absolute atomic E-state index is 11.9. The molecule has 1 aromatic carbocycles. The maximum atomic E-state index is 11.9. The van der Waals surface area contributed by atoms with Gasteiger partial charge in [0.2, 0.25) is 0 Å². The normalized spacial score (nSPS) is 10.6. The Morgan fingerprint density at radius 3 is 2.18 bits per heavy atom. The molecule has 2 aromatic rings. The molecule has 5 heteroatoms. The smallest absolute Gasteiger partial charge is 0.189 e. The number of aryl methyl sites for hydroxylation is 1. The summed E-state index contributed by atoms with van der Waals surface area (Å²) < 4.78 is 0. The molecule has 0 aliphatic heterocycles. The average molecular weight is 289 g/mol. The van der Waals surface area contributed by atoms with Gasteiger partial charge in [-0.1, -0.05) is 34.8 Å². The van der Waals surface area contributed by atoms with Crippen LogP contribution in [0.15, 0.2) is 29.2 Å². The van der Waals surface area contributed by atoms with E-state index in [1.54, 1.807) is 25.3 Å². The zero-order valence-electron chi connectivity index (χ0n) is 8.85. The van der Waals surface area contributed by atoms with Crippen molar-refractivity contribution in [1.82, 2.24) is 4.98 Å². The Hall–Kier alpha value is -0.960. The molecule has 0 spiro atoms. The van der Waals surface area contributed by atoms with Gasteiger partial charge >= 0.3 is 0 Å². The number of nitrogens with one attached hydrogen (secondary N) is 1. The molecule has 0 atom stereocenters. The molecule has 2 nitrogen and oxygen atoms in total. The Morgan fingerprint density at radius 1 is 1.06 bits per heavy atom. The molecule has 2 rings (SSSR count). The van der Waals surface area contributed by atoms with Gasteiger partial charge < -0.3 is 4.98 Å². The van der Waals surface area contributed by atoms with E-state index in [0.717, 1.165) is 0 Å². The van der Waals surface area contributed by atoms with E-state index in [0.29, 0.717) is 31.9 Å². The van der Waals surface area contributed by atoms with E-state index in [-0.39, 0.29) is 5.43 Å². The number of halogens is 3. The second-order valence-electron chi connectivity index (χ2n) is 3.59. The van der Waals surface area contributed by atoms with Gasteiger partial charge in [-0.15, -0.1) is 0 Å². The lowest BCUT2D eigenvalue weighted by molar-refractivity contribution is 1.19. The van der Waals surface area contributed by atoms with Crippen molar-refractivity contribution in [3.8, 4) is 11.1 Å². The van der Waals surface area contributed by atoms with Gasteiger partial charge in [0, 0.05) is 28.5 Å². The third-order valence-corrected chi connectivity index (χ3v) is 3.23. The molecule has 17 heavy (non-hydrogen) atoms. The third kappa shape index (κ3) is 2.34. The predicted octanol–water partition coefficient (Wildman–Crippen LogP) is 4.31. The molecule has 1 N–H and O–H groups in total. The molecule has 0 saturated carbocycles. The van der Waals surface area contributed by atoms with Gasteiger partial charge in [0.15, 0.2) is 5.43 Å². The van der Waals surface area contributed by atoms with E-state index in [2.05, 4.69) is 4.98 Å². The Labute approximate surface area is 113 Å². The highest BCUT2D eigenvalue weighted by molar-refractivity contribution is 6.41. The highest BCUT2D eigenvalue weighted by Crippen LogP contribution is 2.36. The number of aromatic nitrogens is 1. The Balaban J connectivity index is 2.82. The number of aromatic amines is 1. The summed E-state index contributed by atoms with van der Waals surface area (Å²) in [6.45, 7) is 1.79. The minimum Gasteiger partial charge on any atom is -0.364 e. The van der Waals surface area contributed by atoms with Crippen molar-refractivity contribution in [1.29, 1.82) is 0 Å². The number of benzene rings is 1. The molecule has 0 bridgehead atoms. The first-order valence-electron chi connectivity index (χ1n) is 4.84. The van der Waals surface area contributed by atoms with E-state index < -0.39 is 0 Å². The van der Waals surface area contributed by atoms with Crippen LogP contribution < -0.4 is 5.43 Å². The second kappa shape index (κ2) is 4.73. The summed E-state index contributed by atoms with van der Waals surface area (Å²) in [6.07, 6.45) is 1.58. The SMILES string of the molecule is Cc1[nH]ccc(=O)c1-c1c(Cl)cc(Cl)cc1Cl. The van der Waals surface area contributed by atoms with Crippen LogP contribution in [0.3, 0.4) is 0 Å². The van der Waals surface area contributed by atoms with Crippen LogP contribution in [-0.2, 0) is 0 Å².